The molecule has 2 amide bonds. The number of nitrogens with zero attached hydrogens (tertiary/aromatic N) is 2. The summed E-state index contributed by atoms with van der Waals surface area (Å²) in [6.45, 7) is 8.35. The van der Waals surface area contributed by atoms with Gasteiger partial charge in [-0.25, -0.2) is 0 Å². The molecule has 0 aliphatic carbocycles. The minimum Gasteiger partial charge on any atom is -0.476 e. The second kappa shape index (κ2) is 7.43. The summed E-state index contributed by atoms with van der Waals surface area (Å²) in [5, 5.41) is 0. The topological polar surface area (TPSA) is 49.9 Å². The number of carbonyl (C=O) groups is 2. The number of amides is 2. The molecule has 1 aliphatic heterocycles. The van der Waals surface area contributed by atoms with E-state index < -0.39 is 5.60 Å². The van der Waals surface area contributed by atoms with Crippen LogP contribution in [0, 0.1) is 6.92 Å². The maximum atomic E-state index is 12.9. The van der Waals surface area contributed by atoms with E-state index in [0.717, 1.165) is 16.9 Å². The Hall–Kier alpha value is -2.82. The normalized spacial score (nSPS) is 15.1. The molecule has 5 heteroatoms. The van der Waals surface area contributed by atoms with Crippen molar-refractivity contribution in [3.8, 4) is 5.75 Å². The molecular weight excluding hydrogens is 340 g/mol. The first-order valence-electron chi connectivity index (χ1n) is 9.30. The van der Waals surface area contributed by atoms with E-state index in [2.05, 4.69) is 0 Å². The van der Waals surface area contributed by atoms with Crippen molar-refractivity contribution in [1.29, 1.82) is 0 Å². The molecule has 0 bridgehead atoms. The lowest BCUT2D eigenvalue weighted by Crippen LogP contribution is -2.53. The lowest BCUT2D eigenvalue weighted by atomic mass is 10.0. The number of para-hydroxylation sites is 1. The summed E-state index contributed by atoms with van der Waals surface area (Å²) in [7, 11) is 0. The number of ether oxygens (including phenoxy) is 1. The molecule has 0 atom stereocenters. The molecule has 5 nitrogen and oxygen atoms in total. The zero-order valence-electron chi connectivity index (χ0n) is 16.4. The first-order valence-corrected chi connectivity index (χ1v) is 9.30. The third-order valence-electron chi connectivity index (χ3n) is 4.76. The van der Waals surface area contributed by atoms with Crippen LogP contribution in [0.2, 0.25) is 0 Å². The highest BCUT2D eigenvalue weighted by molar-refractivity contribution is 6.03. The second-order valence-corrected chi connectivity index (χ2v) is 7.26. The van der Waals surface area contributed by atoms with Crippen LogP contribution in [0.25, 0.3) is 0 Å². The predicted octanol–water partition coefficient (Wildman–Crippen LogP) is 3.94. The van der Waals surface area contributed by atoms with Gasteiger partial charge in [-0.3, -0.25) is 9.59 Å². The molecular formula is C22H26N2O3. The Kier molecular flexibility index (Phi) is 5.22. The first-order chi connectivity index (χ1) is 12.8. The number of hydrogen-bond acceptors (Lipinski definition) is 3. The molecule has 0 saturated carbocycles. The largest absolute Gasteiger partial charge is 0.476 e. The highest BCUT2D eigenvalue weighted by atomic mass is 16.5. The second-order valence-electron chi connectivity index (χ2n) is 7.26. The highest BCUT2D eigenvalue weighted by Gasteiger charge is 2.41. The third kappa shape index (κ3) is 3.82. The average Bonchev–Trinajstić information content (AvgIpc) is 2.64. The smallest absolute Gasteiger partial charge is 0.270 e. The van der Waals surface area contributed by atoms with E-state index in [9.17, 15) is 9.59 Å². The molecule has 0 saturated heterocycles. The molecule has 1 heterocycles. The number of anilines is 2. The highest BCUT2D eigenvalue weighted by Crippen LogP contribution is 2.38. The van der Waals surface area contributed by atoms with Crippen LogP contribution in [0.4, 0.5) is 11.4 Å². The van der Waals surface area contributed by atoms with Crippen LogP contribution in [0.5, 0.6) is 5.75 Å². The number of hydrogen-bond donors (Lipinski definition) is 0. The number of fused-ring (bicyclic) bond motifs is 1. The quantitative estimate of drug-likeness (QED) is 0.805. The fourth-order valence-corrected chi connectivity index (χ4v) is 3.35. The Labute approximate surface area is 160 Å². The van der Waals surface area contributed by atoms with Gasteiger partial charge in [0.25, 0.3) is 5.91 Å². The maximum Gasteiger partial charge on any atom is 0.270 e. The maximum absolute atomic E-state index is 12.9. The summed E-state index contributed by atoms with van der Waals surface area (Å²) in [6.07, 6.45) is 0.248. The number of carbonyl (C=O) groups excluding carboxylic acids is 2. The van der Waals surface area contributed by atoms with E-state index in [0.29, 0.717) is 18.8 Å². The monoisotopic (exact) mass is 366 g/mol. The lowest BCUT2D eigenvalue weighted by Gasteiger charge is -2.39. The fraction of sp³-hybridized carbons (Fsp3) is 0.364. The van der Waals surface area contributed by atoms with Gasteiger partial charge < -0.3 is 14.5 Å². The Morgan fingerprint density at radius 1 is 1.15 bits per heavy atom. The van der Waals surface area contributed by atoms with Crippen molar-refractivity contribution >= 4 is 23.2 Å². The summed E-state index contributed by atoms with van der Waals surface area (Å²) in [4.78, 5) is 29.2. The van der Waals surface area contributed by atoms with Gasteiger partial charge in [-0.05, 0) is 57.5 Å². The van der Waals surface area contributed by atoms with Crippen molar-refractivity contribution < 1.29 is 14.3 Å². The minimum absolute atomic E-state index is 0.00463. The van der Waals surface area contributed by atoms with Crippen molar-refractivity contribution in [2.75, 3.05) is 22.9 Å². The zero-order chi connectivity index (χ0) is 19.6. The molecule has 0 spiro atoms. The standard InChI is InChI=1S/C22H26N2O3/c1-5-23(17-9-7-6-8-10-17)20(25)13-14-24-18-15-16(2)11-12-19(18)27-22(3,4)21(24)26/h6-12,15H,5,13-14H2,1-4H3. The number of benzene rings is 2. The SMILES string of the molecule is CCN(C(=O)CCN1C(=O)C(C)(C)Oc2ccc(C)cc21)c1ccccc1. The van der Waals surface area contributed by atoms with Crippen LogP contribution in [-0.4, -0.2) is 30.5 Å². The summed E-state index contributed by atoms with van der Waals surface area (Å²) in [5.74, 6) is 0.541. The van der Waals surface area contributed by atoms with Crippen LogP contribution in [-0.2, 0) is 9.59 Å². The van der Waals surface area contributed by atoms with Gasteiger partial charge in [0.05, 0.1) is 5.69 Å². The Morgan fingerprint density at radius 2 is 1.85 bits per heavy atom. The van der Waals surface area contributed by atoms with Gasteiger partial charge in [-0.1, -0.05) is 24.3 Å². The summed E-state index contributed by atoms with van der Waals surface area (Å²) >= 11 is 0. The lowest BCUT2D eigenvalue weighted by molar-refractivity contribution is -0.132. The predicted molar refractivity (Wildman–Crippen MR) is 107 cm³/mol. The Bertz CT molecular complexity index is 846. The Balaban J connectivity index is 1.81. The van der Waals surface area contributed by atoms with Gasteiger partial charge in [0.1, 0.15) is 5.75 Å². The van der Waals surface area contributed by atoms with Crippen LogP contribution >= 0.6 is 0 Å². The van der Waals surface area contributed by atoms with Gasteiger partial charge in [-0.15, -0.1) is 0 Å². The van der Waals surface area contributed by atoms with Crippen molar-refractivity contribution in [2.45, 2.75) is 39.7 Å². The van der Waals surface area contributed by atoms with Crippen LogP contribution in [0.1, 0.15) is 32.8 Å². The van der Waals surface area contributed by atoms with Crippen molar-refractivity contribution in [3.63, 3.8) is 0 Å². The molecule has 0 N–H and O–H groups in total. The molecule has 2 aromatic carbocycles. The summed E-state index contributed by atoms with van der Waals surface area (Å²) < 4.78 is 5.87. The van der Waals surface area contributed by atoms with Gasteiger partial charge in [0, 0.05) is 25.2 Å². The first kappa shape index (κ1) is 19.0. The van der Waals surface area contributed by atoms with E-state index in [1.54, 1.807) is 23.6 Å². The van der Waals surface area contributed by atoms with E-state index in [4.69, 9.17) is 4.74 Å². The van der Waals surface area contributed by atoms with Crippen LogP contribution in [0.3, 0.4) is 0 Å². The molecule has 0 unspecified atom stereocenters. The van der Waals surface area contributed by atoms with Gasteiger partial charge in [0.15, 0.2) is 5.60 Å². The van der Waals surface area contributed by atoms with Crippen molar-refractivity contribution in [2.24, 2.45) is 0 Å². The molecule has 1 aliphatic rings. The third-order valence-corrected chi connectivity index (χ3v) is 4.76. The zero-order valence-corrected chi connectivity index (χ0v) is 16.4. The van der Waals surface area contributed by atoms with E-state index in [1.807, 2.05) is 62.4 Å². The molecule has 2 aromatic rings. The van der Waals surface area contributed by atoms with Gasteiger partial charge in [0.2, 0.25) is 5.91 Å². The average molecular weight is 366 g/mol. The van der Waals surface area contributed by atoms with E-state index in [-0.39, 0.29) is 18.2 Å². The summed E-state index contributed by atoms with van der Waals surface area (Å²) in [5.41, 5.74) is 1.69. The van der Waals surface area contributed by atoms with Gasteiger partial charge >= 0.3 is 0 Å². The number of rotatable bonds is 5. The molecule has 0 aromatic heterocycles. The minimum atomic E-state index is -0.949. The molecule has 3 rings (SSSR count). The van der Waals surface area contributed by atoms with Gasteiger partial charge in [-0.2, -0.15) is 0 Å². The summed E-state index contributed by atoms with van der Waals surface area (Å²) in [6, 6.07) is 15.4. The molecule has 27 heavy (non-hydrogen) atoms. The van der Waals surface area contributed by atoms with Crippen LogP contribution < -0.4 is 14.5 Å². The van der Waals surface area contributed by atoms with Crippen molar-refractivity contribution in [1.82, 2.24) is 0 Å². The Morgan fingerprint density at radius 3 is 2.52 bits per heavy atom. The molecule has 0 fully saturated rings. The van der Waals surface area contributed by atoms with Crippen LogP contribution in [0.15, 0.2) is 48.5 Å². The number of aryl methyl sites for hydroxylation is 1. The van der Waals surface area contributed by atoms with E-state index in [1.165, 1.54) is 0 Å². The molecule has 142 valence electrons. The van der Waals surface area contributed by atoms with Crippen molar-refractivity contribution in [3.05, 3.63) is 54.1 Å². The van der Waals surface area contributed by atoms with E-state index >= 15 is 0 Å². The fourth-order valence-electron chi connectivity index (χ4n) is 3.35. The molecule has 0 radical (unpaired) electrons.